The first-order valence-corrected chi connectivity index (χ1v) is 6.79. The van der Waals surface area contributed by atoms with E-state index in [9.17, 15) is 0 Å². The van der Waals surface area contributed by atoms with Gasteiger partial charge in [-0.25, -0.2) is 0 Å². The molecular weight excluding hydrogens is 264 g/mol. The summed E-state index contributed by atoms with van der Waals surface area (Å²) in [6.45, 7) is 8.40. The molecule has 0 saturated heterocycles. The van der Waals surface area contributed by atoms with Crippen molar-refractivity contribution in [3.63, 3.8) is 0 Å². The lowest BCUT2D eigenvalue weighted by molar-refractivity contribution is 0.134. The maximum absolute atomic E-state index is 5.45. The highest BCUT2D eigenvalue weighted by Crippen LogP contribution is 2.43. The largest absolute Gasteiger partial charge is 0.372 e. The van der Waals surface area contributed by atoms with Crippen LogP contribution in [0.3, 0.4) is 0 Å². The number of fused-ring (bicyclic) bond motifs is 1. The molecule has 0 amide bonds. The smallest absolute Gasteiger partial charge is 0.0725 e. The third kappa shape index (κ3) is 2.18. The molecule has 1 aromatic rings. The summed E-state index contributed by atoms with van der Waals surface area (Å²) in [4.78, 5) is 0.413. The van der Waals surface area contributed by atoms with Crippen molar-refractivity contribution in [2.45, 2.75) is 45.2 Å². The summed E-state index contributed by atoms with van der Waals surface area (Å²) < 4.78 is 5.45. The van der Waals surface area contributed by atoms with E-state index in [4.69, 9.17) is 4.74 Å². The Morgan fingerprint density at radius 2 is 2.00 bits per heavy atom. The van der Waals surface area contributed by atoms with Gasteiger partial charge in [0.15, 0.2) is 0 Å². The topological polar surface area (TPSA) is 9.23 Å². The van der Waals surface area contributed by atoms with Crippen LogP contribution in [0.1, 0.15) is 48.7 Å². The molecule has 0 saturated carbocycles. The first-order chi connectivity index (χ1) is 7.54. The number of rotatable bonds is 3. The molecule has 1 aliphatic rings. The van der Waals surface area contributed by atoms with Crippen LogP contribution in [-0.4, -0.2) is 0 Å². The van der Waals surface area contributed by atoms with E-state index < -0.39 is 0 Å². The molecule has 88 valence electrons. The monoisotopic (exact) mass is 282 g/mol. The molecule has 0 bridgehead atoms. The second-order valence-corrected chi connectivity index (χ2v) is 6.14. The van der Waals surface area contributed by atoms with E-state index in [1.807, 2.05) is 0 Å². The van der Waals surface area contributed by atoms with Crippen LogP contribution in [0, 0.1) is 5.41 Å². The summed E-state index contributed by atoms with van der Waals surface area (Å²) in [5.74, 6) is 0. The first kappa shape index (κ1) is 12.1. The van der Waals surface area contributed by atoms with Crippen molar-refractivity contribution < 1.29 is 4.74 Å². The highest BCUT2D eigenvalue weighted by atomic mass is 79.9. The summed E-state index contributed by atoms with van der Waals surface area (Å²) in [6.07, 6.45) is 1.16. The minimum absolute atomic E-state index is 0.285. The Kier molecular flexibility index (Phi) is 3.41. The number of ether oxygens (including phenoxy) is 1. The van der Waals surface area contributed by atoms with Crippen LogP contribution in [0.4, 0.5) is 0 Å². The highest BCUT2D eigenvalue weighted by molar-refractivity contribution is 9.09. The zero-order chi connectivity index (χ0) is 11.8. The van der Waals surface area contributed by atoms with Crippen LogP contribution in [0.5, 0.6) is 0 Å². The minimum Gasteiger partial charge on any atom is -0.372 e. The van der Waals surface area contributed by atoms with Gasteiger partial charge in [-0.05, 0) is 28.5 Å². The van der Waals surface area contributed by atoms with E-state index in [1.165, 1.54) is 16.7 Å². The number of alkyl halides is 1. The first-order valence-electron chi connectivity index (χ1n) is 5.88. The van der Waals surface area contributed by atoms with Crippen LogP contribution in [0.15, 0.2) is 18.2 Å². The second kappa shape index (κ2) is 4.50. The van der Waals surface area contributed by atoms with Gasteiger partial charge in [-0.15, -0.1) is 0 Å². The van der Waals surface area contributed by atoms with E-state index in [2.05, 4.69) is 54.9 Å². The molecule has 2 rings (SSSR count). The van der Waals surface area contributed by atoms with Gasteiger partial charge in [-0.1, -0.05) is 54.9 Å². The van der Waals surface area contributed by atoms with Gasteiger partial charge < -0.3 is 4.74 Å². The lowest BCUT2D eigenvalue weighted by Crippen LogP contribution is -2.16. The quantitative estimate of drug-likeness (QED) is 0.737. The SMILES string of the molecule is CCC(C)(C)C(Br)c1ccc2c(c1)COC2. The number of hydrogen-bond acceptors (Lipinski definition) is 1. The van der Waals surface area contributed by atoms with Crippen LogP contribution >= 0.6 is 15.9 Å². The fourth-order valence-corrected chi connectivity index (χ4v) is 2.59. The Hall–Kier alpha value is -0.340. The molecule has 1 atom stereocenters. The van der Waals surface area contributed by atoms with Crippen molar-refractivity contribution in [3.8, 4) is 0 Å². The summed E-state index contributed by atoms with van der Waals surface area (Å²) in [7, 11) is 0. The zero-order valence-electron chi connectivity index (χ0n) is 10.2. The molecule has 2 heteroatoms. The van der Waals surface area contributed by atoms with Gasteiger partial charge in [0.2, 0.25) is 0 Å². The Balaban J connectivity index is 2.28. The van der Waals surface area contributed by atoms with Crippen molar-refractivity contribution in [3.05, 3.63) is 34.9 Å². The Bertz CT molecular complexity index is 384. The lowest BCUT2D eigenvalue weighted by Gasteiger charge is -2.29. The van der Waals surface area contributed by atoms with E-state index in [-0.39, 0.29) is 5.41 Å². The molecule has 0 N–H and O–H groups in total. The summed E-state index contributed by atoms with van der Waals surface area (Å²) in [6, 6.07) is 6.72. The van der Waals surface area contributed by atoms with Crippen LogP contribution in [0.2, 0.25) is 0 Å². The van der Waals surface area contributed by atoms with E-state index in [0.29, 0.717) is 4.83 Å². The molecule has 1 unspecified atom stereocenters. The molecule has 1 aromatic carbocycles. The van der Waals surface area contributed by atoms with E-state index in [1.54, 1.807) is 0 Å². The lowest BCUT2D eigenvalue weighted by atomic mass is 9.82. The molecule has 0 aliphatic carbocycles. The fourth-order valence-electron chi connectivity index (χ4n) is 1.98. The average Bonchev–Trinajstić information content (AvgIpc) is 2.74. The Morgan fingerprint density at radius 1 is 1.31 bits per heavy atom. The van der Waals surface area contributed by atoms with Crippen molar-refractivity contribution in [2.24, 2.45) is 5.41 Å². The number of hydrogen-bond donors (Lipinski definition) is 0. The van der Waals surface area contributed by atoms with E-state index in [0.717, 1.165) is 19.6 Å². The van der Waals surface area contributed by atoms with Crippen LogP contribution < -0.4 is 0 Å². The van der Waals surface area contributed by atoms with Gasteiger partial charge in [0.25, 0.3) is 0 Å². The average molecular weight is 283 g/mol. The maximum Gasteiger partial charge on any atom is 0.0725 e. The van der Waals surface area contributed by atoms with Crippen LogP contribution in [-0.2, 0) is 18.0 Å². The Labute approximate surface area is 106 Å². The summed E-state index contributed by atoms with van der Waals surface area (Å²) >= 11 is 3.84. The fraction of sp³-hybridized carbons (Fsp3) is 0.571. The third-order valence-electron chi connectivity index (χ3n) is 3.64. The van der Waals surface area contributed by atoms with Gasteiger partial charge in [-0.2, -0.15) is 0 Å². The standard InChI is InChI=1S/C14H19BrO/c1-4-14(2,3)13(15)10-5-6-11-8-16-9-12(11)7-10/h5-7,13H,4,8-9H2,1-3H3. The molecule has 1 nitrogen and oxygen atoms in total. The molecule has 0 radical (unpaired) electrons. The van der Waals surface area contributed by atoms with Crippen molar-refractivity contribution >= 4 is 15.9 Å². The molecule has 0 aromatic heterocycles. The van der Waals surface area contributed by atoms with Crippen molar-refractivity contribution in [1.29, 1.82) is 0 Å². The second-order valence-electron chi connectivity index (χ2n) is 5.23. The van der Waals surface area contributed by atoms with E-state index >= 15 is 0 Å². The normalized spacial score (nSPS) is 17.2. The molecule has 0 fully saturated rings. The predicted octanol–water partition coefficient (Wildman–Crippen LogP) is 4.59. The molecule has 0 spiro atoms. The van der Waals surface area contributed by atoms with Crippen LogP contribution in [0.25, 0.3) is 0 Å². The molecule has 1 aliphatic heterocycles. The number of halogens is 1. The highest BCUT2D eigenvalue weighted by Gasteiger charge is 2.27. The number of benzene rings is 1. The predicted molar refractivity (Wildman–Crippen MR) is 70.7 cm³/mol. The Morgan fingerprint density at radius 3 is 2.69 bits per heavy atom. The van der Waals surface area contributed by atoms with Gasteiger partial charge in [0.05, 0.1) is 13.2 Å². The maximum atomic E-state index is 5.45. The minimum atomic E-state index is 0.285. The van der Waals surface area contributed by atoms with Crippen molar-refractivity contribution in [1.82, 2.24) is 0 Å². The summed E-state index contributed by atoms with van der Waals surface area (Å²) in [5, 5.41) is 0. The van der Waals surface area contributed by atoms with Gasteiger partial charge in [0.1, 0.15) is 0 Å². The molecule has 16 heavy (non-hydrogen) atoms. The van der Waals surface area contributed by atoms with Gasteiger partial charge in [0, 0.05) is 4.83 Å². The van der Waals surface area contributed by atoms with Crippen molar-refractivity contribution in [2.75, 3.05) is 0 Å². The summed E-state index contributed by atoms with van der Waals surface area (Å²) in [5.41, 5.74) is 4.36. The zero-order valence-corrected chi connectivity index (χ0v) is 11.8. The molecular formula is C14H19BrO. The molecule has 1 heterocycles. The van der Waals surface area contributed by atoms with Gasteiger partial charge >= 0.3 is 0 Å². The third-order valence-corrected chi connectivity index (χ3v) is 5.40. The van der Waals surface area contributed by atoms with Gasteiger partial charge in [-0.3, -0.25) is 0 Å².